The summed E-state index contributed by atoms with van der Waals surface area (Å²) < 4.78 is 0. The minimum atomic E-state index is -0.492. The number of hydrogen-bond donors (Lipinski definition) is 2. The van der Waals surface area contributed by atoms with Crippen LogP contribution in [0.3, 0.4) is 0 Å². The highest BCUT2D eigenvalue weighted by atomic mass is 35.5. The molecule has 3 nitrogen and oxygen atoms in total. The van der Waals surface area contributed by atoms with Crippen LogP contribution in [0.2, 0.25) is 5.02 Å². The zero-order valence-corrected chi connectivity index (χ0v) is 12.1. The SMILES string of the molecule is CC1CCN(CCC(O)c2cccc(Cl)c2)C1CO. The summed E-state index contributed by atoms with van der Waals surface area (Å²) in [6, 6.07) is 7.61. The standard InChI is InChI=1S/C15H22ClNO2/c1-11-5-7-17(14(11)10-18)8-6-15(19)12-3-2-4-13(16)9-12/h2-4,9,11,14-15,18-19H,5-8,10H2,1H3. The van der Waals surface area contributed by atoms with E-state index in [1.165, 1.54) is 0 Å². The summed E-state index contributed by atoms with van der Waals surface area (Å²) in [7, 11) is 0. The molecule has 0 radical (unpaired) electrons. The Morgan fingerprint density at radius 3 is 2.95 bits per heavy atom. The van der Waals surface area contributed by atoms with E-state index in [0.29, 0.717) is 17.4 Å². The molecule has 19 heavy (non-hydrogen) atoms. The molecule has 1 heterocycles. The predicted molar refractivity (Wildman–Crippen MR) is 77.3 cm³/mol. The second kappa shape index (κ2) is 6.71. The molecule has 1 aliphatic heterocycles. The zero-order chi connectivity index (χ0) is 13.8. The van der Waals surface area contributed by atoms with Crippen LogP contribution in [-0.2, 0) is 0 Å². The minimum absolute atomic E-state index is 0.203. The van der Waals surface area contributed by atoms with Crippen molar-refractivity contribution in [2.75, 3.05) is 19.7 Å². The number of aliphatic hydroxyl groups is 2. The molecule has 0 bridgehead atoms. The van der Waals surface area contributed by atoms with Gasteiger partial charge in [0, 0.05) is 17.6 Å². The molecule has 106 valence electrons. The van der Waals surface area contributed by atoms with Crippen molar-refractivity contribution in [3.05, 3.63) is 34.9 Å². The quantitative estimate of drug-likeness (QED) is 0.872. The number of rotatable bonds is 5. The van der Waals surface area contributed by atoms with Gasteiger partial charge in [0.25, 0.3) is 0 Å². The lowest BCUT2D eigenvalue weighted by molar-refractivity contribution is 0.107. The average molecular weight is 284 g/mol. The molecule has 0 spiro atoms. The molecule has 0 saturated carbocycles. The highest BCUT2D eigenvalue weighted by Gasteiger charge is 2.30. The van der Waals surface area contributed by atoms with E-state index in [0.717, 1.165) is 25.1 Å². The van der Waals surface area contributed by atoms with E-state index >= 15 is 0 Å². The molecular weight excluding hydrogens is 262 g/mol. The van der Waals surface area contributed by atoms with Crippen LogP contribution in [0.4, 0.5) is 0 Å². The van der Waals surface area contributed by atoms with Gasteiger partial charge in [-0.2, -0.15) is 0 Å². The Balaban J connectivity index is 1.88. The second-order valence-corrected chi connectivity index (χ2v) is 5.85. The van der Waals surface area contributed by atoms with Crippen molar-refractivity contribution in [2.24, 2.45) is 5.92 Å². The molecule has 0 amide bonds. The largest absolute Gasteiger partial charge is 0.395 e. The summed E-state index contributed by atoms with van der Waals surface area (Å²) in [5.41, 5.74) is 0.861. The smallest absolute Gasteiger partial charge is 0.0802 e. The Morgan fingerprint density at radius 1 is 1.47 bits per heavy atom. The van der Waals surface area contributed by atoms with Gasteiger partial charge in [-0.1, -0.05) is 30.7 Å². The van der Waals surface area contributed by atoms with E-state index in [-0.39, 0.29) is 12.6 Å². The molecule has 1 aromatic rings. The predicted octanol–water partition coefficient (Wildman–Crippen LogP) is 2.47. The van der Waals surface area contributed by atoms with Gasteiger partial charge in [-0.3, -0.25) is 4.90 Å². The van der Waals surface area contributed by atoms with Crippen LogP contribution in [0.1, 0.15) is 31.4 Å². The lowest BCUT2D eigenvalue weighted by Gasteiger charge is -2.26. The molecule has 1 saturated heterocycles. The van der Waals surface area contributed by atoms with Gasteiger partial charge in [0.15, 0.2) is 0 Å². The maximum Gasteiger partial charge on any atom is 0.0802 e. The van der Waals surface area contributed by atoms with Crippen LogP contribution in [0.15, 0.2) is 24.3 Å². The van der Waals surface area contributed by atoms with E-state index in [4.69, 9.17) is 11.6 Å². The van der Waals surface area contributed by atoms with Crippen LogP contribution in [0.5, 0.6) is 0 Å². The van der Waals surface area contributed by atoms with Gasteiger partial charge >= 0.3 is 0 Å². The fraction of sp³-hybridized carbons (Fsp3) is 0.600. The van der Waals surface area contributed by atoms with E-state index in [1.807, 2.05) is 24.3 Å². The zero-order valence-electron chi connectivity index (χ0n) is 11.3. The molecule has 0 aromatic heterocycles. The highest BCUT2D eigenvalue weighted by Crippen LogP contribution is 2.26. The van der Waals surface area contributed by atoms with Crippen molar-refractivity contribution in [1.29, 1.82) is 0 Å². The number of likely N-dealkylation sites (tertiary alicyclic amines) is 1. The van der Waals surface area contributed by atoms with Gasteiger partial charge in [-0.25, -0.2) is 0 Å². The van der Waals surface area contributed by atoms with Gasteiger partial charge in [-0.15, -0.1) is 0 Å². The number of aliphatic hydroxyl groups excluding tert-OH is 2. The lowest BCUT2D eigenvalue weighted by atomic mass is 10.0. The third-order valence-corrected chi connectivity index (χ3v) is 4.34. The molecule has 4 heteroatoms. The second-order valence-electron chi connectivity index (χ2n) is 5.41. The molecule has 2 N–H and O–H groups in total. The average Bonchev–Trinajstić information content (AvgIpc) is 2.76. The number of benzene rings is 1. The Kier molecular flexibility index (Phi) is 5.22. The van der Waals surface area contributed by atoms with Gasteiger partial charge in [-0.05, 0) is 43.0 Å². The summed E-state index contributed by atoms with van der Waals surface area (Å²) in [5, 5.41) is 20.2. The first kappa shape index (κ1) is 14.8. The Labute approximate surface area is 119 Å². The maximum atomic E-state index is 10.2. The van der Waals surface area contributed by atoms with Gasteiger partial charge in [0.2, 0.25) is 0 Å². The summed E-state index contributed by atoms with van der Waals surface area (Å²) in [4.78, 5) is 2.28. The van der Waals surface area contributed by atoms with Crippen LogP contribution in [0.25, 0.3) is 0 Å². The van der Waals surface area contributed by atoms with E-state index < -0.39 is 6.10 Å². The summed E-state index contributed by atoms with van der Waals surface area (Å²) in [5.74, 6) is 0.535. The molecule has 2 rings (SSSR count). The van der Waals surface area contributed by atoms with Gasteiger partial charge in [0.1, 0.15) is 0 Å². The number of halogens is 1. The molecule has 1 fully saturated rings. The lowest BCUT2D eigenvalue weighted by Crippen LogP contribution is -2.36. The van der Waals surface area contributed by atoms with Gasteiger partial charge in [0.05, 0.1) is 12.7 Å². The monoisotopic (exact) mass is 283 g/mol. The van der Waals surface area contributed by atoms with E-state index in [2.05, 4.69) is 11.8 Å². The normalized spacial score (nSPS) is 25.7. The van der Waals surface area contributed by atoms with Crippen LogP contribution >= 0.6 is 11.6 Å². The molecule has 3 atom stereocenters. The molecule has 0 aliphatic carbocycles. The molecule has 1 aromatic carbocycles. The van der Waals surface area contributed by atoms with E-state index in [9.17, 15) is 10.2 Å². The maximum absolute atomic E-state index is 10.2. The number of hydrogen-bond acceptors (Lipinski definition) is 3. The van der Waals surface area contributed by atoms with Crippen molar-refractivity contribution in [3.63, 3.8) is 0 Å². The topological polar surface area (TPSA) is 43.7 Å². The Morgan fingerprint density at radius 2 is 2.26 bits per heavy atom. The summed E-state index contributed by atoms with van der Waals surface area (Å²) >= 11 is 5.93. The third kappa shape index (κ3) is 3.69. The van der Waals surface area contributed by atoms with Gasteiger partial charge < -0.3 is 10.2 Å². The number of nitrogens with zero attached hydrogens (tertiary/aromatic N) is 1. The summed E-state index contributed by atoms with van der Waals surface area (Å²) in [6.45, 7) is 4.20. The summed E-state index contributed by atoms with van der Waals surface area (Å²) in [6.07, 6.45) is 1.30. The Hall–Kier alpha value is -0.610. The first-order valence-corrected chi connectivity index (χ1v) is 7.28. The molecule has 3 unspecified atom stereocenters. The molecular formula is C15H22ClNO2. The fourth-order valence-corrected chi connectivity index (χ4v) is 3.03. The molecule has 1 aliphatic rings. The highest BCUT2D eigenvalue weighted by molar-refractivity contribution is 6.30. The van der Waals surface area contributed by atoms with Crippen LogP contribution < -0.4 is 0 Å². The van der Waals surface area contributed by atoms with Crippen molar-refractivity contribution < 1.29 is 10.2 Å². The van der Waals surface area contributed by atoms with Crippen LogP contribution in [0, 0.1) is 5.92 Å². The Bertz CT molecular complexity index is 413. The fourth-order valence-electron chi connectivity index (χ4n) is 2.83. The van der Waals surface area contributed by atoms with Crippen molar-refractivity contribution in [2.45, 2.75) is 31.9 Å². The van der Waals surface area contributed by atoms with Crippen molar-refractivity contribution >= 4 is 11.6 Å². The van der Waals surface area contributed by atoms with Crippen LogP contribution in [-0.4, -0.2) is 40.9 Å². The first-order valence-electron chi connectivity index (χ1n) is 6.90. The van der Waals surface area contributed by atoms with E-state index in [1.54, 1.807) is 0 Å². The minimum Gasteiger partial charge on any atom is -0.395 e. The van der Waals surface area contributed by atoms with Crippen molar-refractivity contribution in [1.82, 2.24) is 4.90 Å². The van der Waals surface area contributed by atoms with Crippen molar-refractivity contribution in [3.8, 4) is 0 Å². The first-order chi connectivity index (χ1) is 9.11. The third-order valence-electron chi connectivity index (χ3n) is 4.11.